The lowest BCUT2D eigenvalue weighted by Crippen LogP contribution is -2.44. The Balaban J connectivity index is 1.46. The van der Waals surface area contributed by atoms with Crippen molar-refractivity contribution < 1.29 is 26.3 Å². The zero-order chi connectivity index (χ0) is 24.6. The predicted molar refractivity (Wildman–Crippen MR) is 123 cm³/mol. The number of sulfone groups is 1. The van der Waals surface area contributed by atoms with Gasteiger partial charge in [0.1, 0.15) is 22.8 Å². The van der Waals surface area contributed by atoms with Crippen LogP contribution in [0.4, 0.5) is 13.2 Å². The van der Waals surface area contributed by atoms with E-state index in [1.165, 1.54) is 18.5 Å². The number of piperidine rings is 1. The molecule has 12 heteroatoms. The van der Waals surface area contributed by atoms with Crippen molar-refractivity contribution in [2.45, 2.75) is 48.2 Å². The molecule has 4 heterocycles. The van der Waals surface area contributed by atoms with Crippen LogP contribution < -0.4 is 4.74 Å². The maximum atomic E-state index is 13.6. The summed E-state index contributed by atoms with van der Waals surface area (Å²) in [6.45, 7) is 0.596. The summed E-state index contributed by atoms with van der Waals surface area (Å²) >= 11 is 1.03. The largest absolute Gasteiger partial charge is 0.493 e. The van der Waals surface area contributed by atoms with Crippen molar-refractivity contribution in [2.75, 3.05) is 13.2 Å². The number of likely N-dealkylation sites (tertiary alicyclic amines) is 1. The van der Waals surface area contributed by atoms with Crippen LogP contribution in [-0.4, -0.2) is 47.0 Å². The molecule has 3 atom stereocenters. The van der Waals surface area contributed by atoms with Gasteiger partial charge in [-0.1, -0.05) is 12.1 Å². The molecule has 1 fully saturated rings. The number of hydrogen-bond acceptors (Lipinski definition) is 8. The minimum Gasteiger partial charge on any atom is -0.493 e. The van der Waals surface area contributed by atoms with E-state index in [0.29, 0.717) is 29.5 Å². The van der Waals surface area contributed by atoms with Gasteiger partial charge in [0.15, 0.2) is 9.84 Å². The van der Waals surface area contributed by atoms with Crippen LogP contribution in [0.25, 0.3) is 0 Å². The van der Waals surface area contributed by atoms with Crippen LogP contribution in [0, 0.1) is 5.92 Å². The minimum absolute atomic E-state index is 0.00777. The van der Waals surface area contributed by atoms with Gasteiger partial charge in [0.05, 0.1) is 29.2 Å². The summed E-state index contributed by atoms with van der Waals surface area (Å²) in [5.41, 5.74) is 1.38. The third-order valence-electron chi connectivity index (χ3n) is 6.61. The Labute approximate surface area is 205 Å². The van der Waals surface area contributed by atoms with Crippen molar-refractivity contribution in [1.29, 1.82) is 0 Å². The standard InChI is InChI=1S/C23H23F3N4O3S2/c24-23(25,26)15-6-9-30(20(11-15)18-3-1-2-8-27-18)19-7-10-33-21-12-16(4-5-17(19)21)35(31,32)13-22-28-14-29-34-22/h1-5,8,12,14-15,19-20H,6-7,9-11,13H2/t15-,19-,20+/m1/s1. The zero-order valence-electron chi connectivity index (χ0n) is 18.6. The first-order valence-corrected chi connectivity index (χ1v) is 13.6. The highest BCUT2D eigenvalue weighted by Gasteiger charge is 2.47. The topological polar surface area (TPSA) is 85.3 Å². The number of fused-ring (bicyclic) bond motifs is 1. The van der Waals surface area contributed by atoms with Crippen molar-refractivity contribution >= 4 is 21.4 Å². The summed E-state index contributed by atoms with van der Waals surface area (Å²) in [4.78, 5) is 10.5. The van der Waals surface area contributed by atoms with Gasteiger partial charge in [-0.05, 0) is 48.6 Å². The van der Waals surface area contributed by atoms with E-state index in [9.17, 15) is 21.6 Å². The Morgan fingerprint density at radius 3 is 2.69 bits per heavy atom. The lowest BCUT2D eigenvalue weighted by molar-refractivity contribution is -0.192. The molecule has 0 spiro atoms. The molecule has 0 N–H and O–H groups in total. The number of pyridine rings is 1. The fraction of sp³-hybridized carbons (Fsp3) is 0.435. The molecular formula is C23H23F3N4O3S2. The van der Waals surface area contributed by atoms with Gasteiger partial charge in [0.2, 0.25) is 0 Å². The number of alkyl halides is 3. The molecule has 5 rings (SSSR count). The molecule has 186 valence electrons. The van der Waals surface area contributed by atoms with Crippen LogP contribution in [0.3, 0.4) is 0 Å². The van der Waals surface area contributed by atoms with Crippen LogP contribution in [0.5, 0.6) is 5.75 Å². The molecule has 0 unspecified atom stereocenters. The van der Waals surface area contributed by atoms with Crippen molar-refractivity contribution in [3.05, 3.63) is 65.2 Å². The highest BCUT2D eigenvalue weighted by molar-refractivity contribution is 7.90. The molecule has 0 amide bonds. The smallest absolute Gasteiger partial charge is 0.391 e. The van der Waals surface area contributed by atoms with E-state index in [0.717, 1.165) is 17.1 Å². The Bertz CT molecular complexity index is 1270. The molecule has 2 aromatic heterocycles. The van der Waals surface area contributed by atoms with Gasteiger partial charge in [-0.3, -0.25) is 9.88 Å². The summed E-state index contributed by atoms with van der Waals surface area (Å²) in [7, 11) is -3.66. The van der Waals surface area contributed by atoms with Crippen molar-refractivity contribution in [1.82, 2.24) is 19.2 Å². The van der Waals surface area contributed by atoms with E-state index in [1.807, 2.05) is 0 Å². The average molecular weight is 525 g/mol. The van der Waals surface area contributed by atoms with E-state index in [4.69, 9.17) is 4.74 Å². The summed E-state index contributed by atoms with van der Waals surface area (Å²) in [5.74, 6) is -1.21. The summed E-state index contributed by atoms with van der Waals surface area (Å²) in [5, 5.41) is 0.396. The van der Waals surface area contributed by atoms with Crippen LogP contribution in [-0.2, 0) is 15.6 Å². The molecule has 1 aromatic carbocycles. The average Bonchev–Trinajstić information content (AvgIpc) is 3.35. The lowest BCUT2D eigenvalue weighted by atomic mass is 9.85. The van der Waals surface area contributed by atoms with Crippen LogP contribution in [0.15, 0.2) is 53.8 Å². The Morgan fingerprint density at radius 2 is 1.97 bits per heavy atom. The molecule has 0 radical (unpaired) electrons. The fourth-order valence-corrected chi connectivity index (χ4v) is 7.03. The monoisotopic (exact) mass is 524 g/mol. The number of nitrogens with zero attached hydrogens (tertiary/aromatic N) is 4. The van der Waals surface area contributed by atoms with E-state index >= 15 is 0 Å². The Kier molecular flexibility index (Phi) is 6.53. The lowest BCUT2D eigenvalue weighted by Gasteiger charge is -2.45. The zero-order valence-corrected chi connectivity index (χ0v) is 20.2. The van der Waals surface area contributed by atoms with Crippen molar-refractivity contribution in [3.8, 4) is 5.75 Å². The van der Waals surface area contributed by atoms with E-state index in [2.05, 4.69) is 19.2 Å². The number of ether oxygens (including phenoxy) is 1. The van der Waals surface area contributed by atoms with Gasteiger partial charge in [-0.15, -0.1) is 0 Å². The molecule has 7 nitrogen and oxygen atoms in total. The third kappa shape index (κ3) is 5.05. The van der Waals surface area contributed by atoms with Gasteiger partial charge < -0.3 is 4.74 Å². The molecule has 0 bridgehead atoms. The quantitative estimate of drug-likeness (QED) is 0.476. The molecule has 1 saturated heterocycles. The second-order valence-corrected chi connectivity index (χ2v) is 11.6. The van der Waals surface area contributed by atoms with Gasteiger partial charge in [0.25, 0.3) is 0 Å². The van der Waals surface area contributed by atoms with Crippen LogP contribution in [0.2, 0.25) is 0 Å². The summed E-state index contributed by atoms with van der Waals surface area (Å²) < 4.78 is 76.3. The first kappa shape index (κ1) is 24.1. The Hall–Kier alpha value is -2.57. The molecule has 0 aliphatic carbocycles. The van der Waals surface area contributed by atoms with Crippen LogP contribution >= 0.6 is 11.5 Å². The maximum Gasteiger partial charge on any atom is 0.391 e. The highest BCUT2D eigenvalue weighted by Crippen LogP contribution is 2.48. The van der Waals surface area contributed by atoms with E-state index in [-0.39, 0.29) is 36.1 Å². The number of hydrogen-bond donors (Lipinski definition) is 0. The SMILES string of the molecule is O=S(=O)(Cc1ncns1)c1ccc2c(c1)OCC[C@H]2N1CC[C@@H](C(F)(F)F)C[C@H]1c1ccccn1. The van der Waals surface area contributed by atoms with Crippen LogP contribution in [0.1, 0.15) is 47.6 Å². The number of benzene rings is 1. The maximum absolute atomic E-state index is 13.6. The first-order valence-electron chi connectivity index (χ1n) is 11.2. The molecule has 3 aromatic rings. The van der Waals surface area contributed by atoms with Crippen molar-refractivity contribution in [3.63, 3.8) is 0 Å². The second-order valence-electron chi connectivity index (χ2n) is 8.72. The third-order valence-corrected chi connectivity index (χ3v) is 9.08. The Morgan fingerprint density at radius 1 is 1.11 bits per heavy atom. The molecule has 35 heavy (non-hydrogen) atoms. The number of rotatable bonds is 5. The van der Waals surface area contributed by atoms with Crippen molar-refractivity contribution in [2.24, 2.45) is 5.92 Å². The highest BCUT2D eigenvalue weighted by atomic mass is 32.2. The van der Waals surface area contributed by atoms with Gasteiger partial charge >= 0.3 is 6.18 Å². The van der Waals surface area contributed by atoms with E-state index < -0.39 is 28.0 Å². The molecular weight excluding hydrogens is 501 g/mol. The van der Waals surface area contributed by atoms with Gasteiger partial charge in [-0.2, -0.15) is 17.5 Å². The predicted octanol–water partition coefficient (Wildman–Crippen LogP) is 4.75. The fourth-order valence-electron chi connectivity index (χ4n) is 4.91. The van der Waals surface area contributed by atoms with Gasteiger partial charge in [0, 0.05) is 30.8 Å². The van der Waals surface area contributed by atoms with E-state index in [1.54, 1.807) is 30.5 Å². The van der Waals surface area contributed by atoms with Gasteiger partial charge in [-0.25, -0.2) is 13.4 Å². The molecule has 0 saturated carbocycles. The first-order chi connectivity index (χ1) is 16.7. The molecule has 2 aliphatic heterocycles. The normalized spacial score (nSPS) is 23.5. The number of halogens is 3. The second kappa shape index (κ2) is 9.47. The number of aromatic nitrogens is 3. The molecule has 2 aliphatic rings. The summed E-state index contributed by atoms with van der Waals surface area (Å²) in [6, 6.07) is 9.34. The minimum atomic E-state index is -4.26. The summed E-state index contributed by atoms with van der Waals surface area (Å²) in [6.07, 6.45) is -0.823.